The second-order valence-electron chi connectivity index (χ2n) is 31.1. The second kappa shape index (κ2) is 25.4. The Bertz CT molecular complexity index is 6470. The van der Waals surface area contributed by atoms with Crippen LogP contribution < -0.4 is 26.2 Å². The number of hydrogen-bond acceptors (Lipinski definition) is 4. The third-order valence-electron chi connectivity index (χ3n) is 23.6. The fraction of sp³-hybridized carbons (Fsp3) is 0.118. The molecular formula is C102H79BN4O2. The molecule has 0 spiro atoms. The highest BCUT2D eigenvalue weighted by Gasteiger charge is 2.47. The fourth-order valence-electron chi connectivity index (χ4n) is 18.5. The van der Waals surface area contributed by atoms with Gasteiger partial charge in [0.05, 0.1) is 33.4 Å². The number of aromatic nitrogens is 2. The van der Waals surface area contributed by atoms with Gasteiger partial charge in [-0.3, -0.25) is 0 Å². The molecule has 0 unspecified atom stereocenters. The highest BCUT2D eigenvalue weighted by atomic mass is 16.3. The monoisotopic (exact) mass is 1400 g/mol. The first-order valence-corrected chi connectivity index (χ1v) is 39.0. The van der Waals surface area contributed by atoms with E-state index < -0.39 is 0 Å². The Labute approximate surface area is 635 Å². The van der Waals surface area contributed by atoms with Crippen LogP contribution >= 0.6 is 0 Å². The lowest BCUT2D eigenvalue weighted by Crippen LogP contribution is -2.61. The largest absolute Gasteiger partial charge is 0.456 e. The predicted octanol–water partition coefficient (Wildman–Crippen LogP) is 26.4. The maximum absolute atomic E-state index is 7.41. The molecule has 0 N–H and O–H groups in total. The van der Waals surface area contributed by atoms with E-state index in [1.54, 1.807) is 0 Å². The summed E-state index contributed by atoms with van der Waals surface area (Å²) in [6, 6.07) is 118. The van der Waals surface area contributed by atoms with Gasteiger partial charge in [0.25, 0.3) is 6.71 Å². The summed E-state index contributed by atoms with van der Waals surface area (Å²) in [7, 11) is 0. The van der Waals surface area contributed by atoms with E-state index in [0.29, 0.717) is 0 Å². The standard InChI is InChI=1S/C102H79BN4O2/c1-6-8-38-77-98(79(66-34-18-12-19-35-66)62-83-75-42-24-28-46-95(75)108-100(77)83)106-91-60-71(104-87-44-26-22-40-73(87)81-56-68(48-54-89(81)104)64-30-14-10-15-31-64)50-52-85(91)103-86-53-51-72(105-88-45-27-23-41-74(88)82-57-69(49-55-90(82)105)65-32-16-11-17-33-65)61-92(86)107(94-59-70(102(3,4)5)58-93(106)97(94)103)99-78(39-9-7-2)101-84(76-43-25-29-47-96(76)109-101)63-80(99)67-36-20-13-21-37-67/h10-37,40-63H,6-9,38-39H2,1-5H3. The topological polar surface area (TPSA) is 42.6 Å². The van der Waals surface area contributed by atoms with Crippen LogP contribution in [0.15, 0.2) is 324 Å². The number of aryl methyl sites for hydroxylation is 2. The first-order chi connectivity index (χ1) is 53.6. The van der Waals surface area contributed by atoms with E-state index in [0.717, 1.165) is 172 Å². The molecule has 0 saturated carbocycles. The van der Waals surface area contributed by atoms with Crippen molar-refractivity contribution in [1.29, 1.82) is 0 Å². The van der Waals surface area contributed by atoms with Crippen molar-refractivity contribution in [3.63, 3.8) is 0 Å². The Morgan fingerprint density at radius 3 is 1.10 bits per heavy atom. The Kier molecular flexibility index (Phi) is 15.1. The molecule has 109 heavy (non-hydrogen) atoms. The van der Waals surface area contributed by atoms with Crippen LogP contribution in [0.5, 0.6) is 0 Å². The van der Waals surface area contributed by atoms with E-state index in [1.807, 2.05) is 0 Å². The maximum atomic E-state index is 7.41. The summed E-state index contributed by atoms with van der Waals surface area (Å²) in [5, 5.41) is 9.35. The van der Waals surface area contributed by atoms with Gasteiger partial charge in [0, 0.05) is 99.5 Å². The Balaban J connectivity index is 0.925. The minimum Gasteiger partial charge on any atom is -0.456 e. The SMILES string of the molecule is CCCCc1c(N2c3cc(-n4c5ccccc5c5cc(-c6ccccc6)ccc54)ccc3B3c4ccc(-n5c6ccccc6c6cc(-c7ccccc7)ccc65)cc4N(c4c(-c5ccccc5)cc5c(oc6ccccc65)c4CCCC)c4cc(C(C)(C)C)cc2c43)c(-c2ccccc2)cc2c1oc1ccccc12. The first-order valence-electron chi connectivity index (χ1n) is 39.0. The van der Waals surface area contributed by atoms with Crippen molar-refractivity contribution < 1.29 is 8.83 Å². The van der Waals surface area contributed by atoms with Gasteiger partial charge in [-0.15, -0.1) is 0 Å². The molecular weight excluding hydrogens is 1320 g/mol. The van der Waals surface area contributed by atoms with Gasteiger partial charge in [0.2, 0.25) is 0 Å². The minimum absolute atomic E-state index is 0.263. The summed E-state index contributed by atoms with van der Waals surface area (Å²) in [5.41, 5.74) is 33.6. The zero-order valence-corrected chi connectivity index (χ0v) is 61.9. The lowest BCUT2D eigenvalue weighted by Gasteiger charge is -2.46. The quantitative estimate of drug-likeness (QED) is 0.102. The Morgan fingerprint density at radius 2 is 0.688 bits per heavy atom. The summed E-state index contributed by atoms with van der Waals surface area (Å²) < 4.78 is 19.9. The first kappa shape index (κ1) is 64.5. The smallest absolute Gasteiger partial charge is 0.252 e. The van der Waals surface area contributed by atoms with Crippen LogP contribution in [0.25, 0.3) is 143 Å². The highest BCUT2D eigenvalue weighted by Crippen LogP contribution is 2.56. The number of furan rings is 2. The number of hydrogen-bond donors (Lipinski definition) is 0. The molecule has 0 fully saturated rings. The third kappa shape index (κ3) is 10.2. The van der Waals surface area contributed by atoms with Crippen LogP contribution in [0.2, 0.25) is 0 Å². The van der Waals surface area contributed by atoms with Crippen molar-refractivity contribution in [2.45, 2.75) is 78.6 Å². The fourth-order valence-corrected chi connectivity index (χ4v) is 18.5. The highest BCUT2D eigenvalue weighted by molar-refractivity contribution is 7.00. The van der Waals surface area contributed by atoms with Crippen molar-refractivity contribution in [2.75, 3.05) is 9.80 Å². The summed E-state index contributed by atoms with van der Waals surface area (Å²) in [6.07, 6.45) is 5.52. The molecule has 21 rings (SSSR count). The van der Waals surface area contributed by atoms with Crippen molar-refractivity contribution in [1.82, 2.24) is 9.13 Å². The van der Waals surface area contributed by atoms with Gasteiger partial charge in [0.15, 0.2) is 0 Å². The number of rotatable bonds is 14. The van der Waals surface area contributed by atoms with Crippen LogP contribution in [0.3, 0.4) is 0 Å². The maximum Gasteiger partial charge on any atom is 0.252 e. The van der Waals surface area contributed by atoms with E-state index >= 15 is 0 Å². The number of anilines is 6. The average molecular weight is 1400 g/mol. The number of benzene rings is 15. The average Bonchev–Trinajstić information content (AvgIpc) is 1.26. The van der Waals surface area contributed by atoms with Crippen LogP contribution in [-0.4, -0.2) is 15.8 Å². The van der Waals surface area contributed by atoms with Crippen LogP contribution in [0, 0.1) is 0 Å². The van der Waals surface area contributed by atoms with Gasteiger partial charge in [-0.1, -0.05) is 266 Å². The molecule has 6 heterocycles. The molecule has 2 aliphatic rings. The minimum atomic E-state index is -0.349. The van der Waals surface area contributed by atoms with Crippen molar-refractivity contribution >= 4 is 145 Å². The number of nitrogens with zero attached hydrogens (tertiary/aromatic N) is 4. The molecule has 15 aromatic carbocycles. The molecule has 6 nitrogen and oxygen atoms in total. The van der Waals surface area contributed by atoms with Crippen molar-refractivity contribution in [3.8, 4) is 55.9 Å². The molecule has 7 heteroatoms. The molecule has 0 atom stereocenters. The summed E-state index contributed by atoms with van der Waals surface area (Å²) in [6.45, 7) is 11.6. The van der Waals surface area contributed by atoms with Crippen molar-refractivity contribution in [3.05, 3.63) is 332 Å². The van der Waals surface area contributed by atoms with Gasteiger partial charge >= 0.3 is 0 Å². The lowest BCUT2D eigenvalue weighted by atomic mass is 9.33. The van der Waals surface area contributed by atoms with Gasteiger partial charge in [-0.25, -0.2) is 0 Å². The number of para-hydroxylation sites is 4. The van der Waals surface area contributed by atoms with Gasteiger partial charge in [0.1, 0.15) is 22.3 Å². The second-order valence-corrected chi connectivity index (χ2v) is 31.1. The van der Waals surface area contributed by atoms with Gasteiger partial charge < -0.3 is 27.8 Å². The zero-order chi connectivity index (χ0) is 72.8. The molecule has 522 valence electrons. The zero-order valence-electron chi connectivity index (χ0n) is 61.9. The Morgan fingerprint density at radius 1 is 0.312 bits per heavy atom. The molecule has 19 aromatic rings. The molecule has 0 amide bonds. The molecule has 0 bridgehead atoms. The predicted molar refractivity (Wildman–Crippen MR) is 461 cm³/mol. The van der Waals surface area contributed by atoms with E-state index in [9.17, 15) is 0 Å². The molecule has 0 aliphatic carbocycles. The van der Waals surface area contributed by atoms with E-state index in [1.165, 1.54) is 76.9 Å². The van der Waals surface area contributed by atoms with Crippen LogP contribution in [0.1, 0.15) is 77.0 Å². The summed E-state index contributed by atoms with van der Waals surface area (Å²) in [5.74, 6) is 0. The lowest BCUT2D eigenvalue weighted by molar-refractivity contribution is 0.590. The number of unbranched alkanes of at least 4 members (excludes halogenated alkanes) is 2. The van der Waals surface area contributed by atoms with E-state index in [-0.39, 0.29) is 12.1 Å². The molecule has 4 aromatic heterocycles. The normalized spacial score (nSPS) is 12.8. The molecule has 2 aliphatic heterocycles. The summed E-state index contributed by atoms with van der Waals surface area (Å²) in [4.78, 5) is 5.48. The molecule has 0 saturated heterocycles. The molecule has 0 radical (unpaired) electrons. The van der Waals surface area contributed by atoms with Crippen molar-refractivity contribution in [2.24, 2.45) is 0 Å². The van der Waals surface area contributed by atoms with E-state index in [4.69, 9.17) is 8.83 Å². The number of fused-ring (bicyclic) bond motifs is 16. The van der Waals surface area contributed by atoms with Gasteiger partial charge in [-0.2, -0.15) is 0 Å². The van der Waals surface area contributed by atoms with Gasteiger partial charge in [-0.05, 0) is 183 Å². The summed E-state index contributed by atoms with van der Waals surface area (Å²) >= 11 is 0. The third-order valence-corrected chi connectivity index (χ3v) is 23.6. The van der Waals surface area contributed by atoms with Crippen LogP contribution in [-0.2, 0) is 18.3 Å². The Hall–Kier alpha value is -12.8. The van der Waals surface area contributed by atoms with E-state index in [2.05, 4.69) is 369 Å². The van der Waals surface area contributed by atoms with Crippen LogP contribution in [0.4, 0.5) is 34.1 Å².